The number of likely N-dealkylation sites (tertiary alicyclic amines) is 1. The minimum absolute atomic E-state index is 0.0216. The molecule has 1 aliphatic heterocycles. The van der Waals surface area contributed by atoms with Crippen LogP contribution in [0.1, 0.15) is 30.8 Å². The zero-order chi connectivity index (χ0) is 16.6. The van der Waals surface area contributed by atoms with Crippen LogP contribution < -0.4 is 0 Å². The molecule has 0 aromatic carbocycles. The second kappa shape index (κ2) is 6.49. The average molecular weight is 335 g/mol. The maximum absolute atomic E-state index is 12.8. The van der Waals surface area contributed by atoms with Gasteiger partial charge in [-0.3, -0.25) is 4.79 Å². The monoisotopic (exact) mass is 334 g/mol. The van der Waals surface area contributed by atoms with Crippen LogP contribution in [0.3, 0.4) is 0 Å². The van der Waals surface area contributed by atoms with E-state index in [0.717, 1.165) is 31.6 Å². The number of fused-ring (bicyclic) bond motifs is 1. The molecule has 6 heteroatoms. The fraction of sp³-hybridized carbons (Fsp3) is 0.529. The third kappa shape index (κ3) is 3.21. The minimum Gasteiger partial charge on any atom is -0.337 e. The normalized spacial score (nSPS) is 22.4. The molecule has 0 saturated carbocycles. The molecule has 0 aliphatic carbocycles. The number of carbonyl (C=O) groups excluding carboxylic acids is 1. The molecule has 2 atom stereocenters. The van der Waals surface area contributed by atoms with E-state index in [9.17, 15) is 4.79 Å². The lowest BCUT2D eigenvalue weighted by atomic mass is 9.92. The molecule has 2 aromatic rings. The summed E-state index contributed by atoms with van der Waals surface area (Å²) in [4.78, 5) is 17.1. The molecule has 0 unspecified atom stereocenters. The minimum atomic E-state index is -0.0216. The first-order valence-corrected chi connectivity index (χ1v) is 8.52. The van der Waals surface area contributed by atoms with Crippen molar-refractivity contribution in [1.29, 1.82) is 0 Å². The third-order valence-electron chi connectivity index (χ3n) is 4.85. The van der Waals surface area contributed by atoms with Gasteiger partial charge in [0.2, 0.25) is 0 Å². The van der Waals surface area contributed by atoms with Crippen LogP contribution in [0.5, 0.6) is 0 Å². The Kier molecular flexibility index (Phi) is 4.60. The number of hydrogen-bond acceptors (Lipinski definition) is 3. The van der Waals surface area contributed by atoms with E-state index in [4.69, 9.17) is 11.6 Å². The molecular weight excluding hydrogens is 312 g/mol. The molecule has 3 heterocycles. The zero-order valence-corrected chi connectivity index (χ0v) is 14.6. The number of amides is 1. The number of halogens is 1. The predicted molar refractivity (Wildman–Crippen MR) is 92.0 cm³/mol. The Labute approximate surface area is 141 Å². The summed E-state index contributed by atoms with van der Waals surface area (Å²) in [5.41, 5.74) is 1.31. The van der Waals surface area contributed by atoms with Gasteiger partial charge in [0.05, 0.1) is 5.52 Å². The van der Waals surface area contributed by atoms with E-state index in [1.165, 1.54) is 0 Å². The van der Waals surface area contributed by atoms with Gasteiger partial charge in [-0.15, -0.1) is 0 Å². The van der Waals surface area contributed by atoms with Crippen LogP contribution in [0.25, 0.3) is 5.52 Å². The Balaban J connectivity index is 1.78. The summed E-state index contributed by atoms with van der Waals surface area (Å²) in [5, 5.41) is 5.03. The second-order valence-corrected chi connectivity index (χ2v) is 6.82. The molecule has 5 nitrogen and oxygen atoms in total. The molecule has 0 radical (unpaired) electrons. The number of pyridine rings is 1. The van der Waals surface area contributed by atoms with Crippen molar-refractivity contribution in [3.05, 3.63) is 35.1 Å². The van der Waals surface area contributed by atoms with Crippen molar-refractivity contribution >= 4 is 23.0 Å². The van der Waals surface area contributed by atoms with E-state index in [-0.39, 0.29) is 11.9 Å². The molecule has 0 spiro atoms. The summed E-state index contributed by atoms with van der Waals surface area (Å²) < 4.78 is 1.69. The lowest BCUT2D eigenvalue weighted by molar-refractivity contribution is 0.0515. The van der Waals surface area contributed by atoms with Gasteiger partial charge >= 0.3 is 0 Å². The highest BCUT2D eigenvalue weighted by molar-refractivity contribution is 6.30. The smallest absolute Gasteiger partial charge is 0.274 e. The highest BCUT2D eigenvalue weighted by Gasteiger charge is 2.31. The Morgan fingerprint density at radius 1 is 1.48 bits per heavy atom. The molecule has 1 aliphatic rings. The predicted octanol–water partition coefficient (Wildman–Crippen LogP) is 2.79. The Bertz CT molecular complexity index is 714. The number of piperidine rings is 1. The lowest BCUT2D eigenvalue weighted by Gasteiger charge is -2.40. The standard InChI is InChI=1S/C17H23ClN4O/c1-4-21-7-6-16(12(2)11-21)20(3)17(23)15-10-14-9-13(18)5-8-22(14)19-15/h5,8-10,12,16H,4,6-7,11H2,1-3H3/t12-,16-/m1/s1. The van der Waals surface area contributed by atoms with Crippen molar-refractivity contribution < 1.29 is 4.79 Å². The molecule has 1 saturated heterocycles. The van der Waals surface area contributed by atoms with E-state index < -0.39 is 0 Å². The fourth-order valence-corrected chi connectivity index (χ4v) is 3.65. The number of hydrogen-bond donors (Lipinski definition) is 0. The van der Waals surface area contributed by atoms with Crippen LogP contribution in [0, 0.1) is 5.92 Å². The summed E-state index contributed by atoms with van der Waals surface area (Å²) >= 11 is 6.00. The van der Waals surface area contributed by atoms with Gasteiger partial charge in [0.25, 0.3) is 5.91 Å². The summed E-state index contributed by atoms with van der Waals surface area (Å²) in [7, 11) is 1.89. The highest BCUT2D eigenvalue weighted by Crippen LogP contribution is 2.23. The maximum Gasteiger partial charge on any atom is 0.274 e. The fourth-order valence-electron chi connectivity index (χ4n) is 3.49. The van der Waals surface area contributed by atoms with E-state index >= 15 is 0 Å². The molecule has 1 fully saturated rings. The van der Waals surface area contributed by atoms with Gasteiger partial charge in [-0.2, -0.15) is 5.10 Å². The van der Waals surface area contributed by atoms with Crippen LogP contribution in [0.4, 0.5) is 0 Å². The first-order chi connectivity index (χ1) is 11.0. The van der Waals surface area contributed by atoms with E-state index in [2.05, 4.69) is 23.8 Å². The second-order valence-electron chi connectivity index (χ2n) is 6.39. The zero-order valence-electron chi connectivity index (χ0n) is 13.9. The van der Waals surface area contributed by atoms with Gasteiger partial charge in [-0.05, 0) is 37.1 Å². The van der Waals surface area contributed by atoms with Crippen molar-refractivity contribution in [2.45, 2.75) is 26.3 Å². The number of carbonyl (C=O) groups is 1. The Morgan fingerprint density at radius 3 is 2.96 bits per heavy atom. The van der Waals surface area contributed by atoms with Gasteiger partial charge in [0.1, 0.15) is 0 Å². The van der Waals surface area contributed by atoms with E-state index in [1.807, 2.05) is 18.0 Å². The van der Waals surface area contributed by atoms with Crippen LogP contribution in [0.15, 0.2) is 24.4 Å². The number of aromatic nitrogens is 2. The van der Waals surface area contributed by atoms with E-state index in [1.54, 1.807) is 22.8 Å². The first-order valence-electron chi connectivity index (χ1n) is 8.14. The molecule has 0 bridgehead atoms. The number of rotatable bonds is 3. The lowest BCUT2D eigenvalue weighted by Crippen LogP contribution is -2.50. The van der Waals surface area contributed by atoms with Crippen molar-refractivity contribution in [2.24, 2.45) is 5.92 Å². The molecule has 23 heavy (non-hydrogen) atoms. The van der Waals surface area contributed by atoms with Crippen molar-refractivity contribution in [2.75, 3.05) is 26.7 Å². The highest BCUT2D eigenvalue weighted by atomic mass is 35.5. The molecular formula is C17H23ClN4O. The van der Waals surface area contributed by atoms with Crippen LogP contribution in [0.2, 0.25) is 5.02 Å². The van der Waals surface area contributed by atoms with E-state index in [0.29, 0.717) is 16.6 Å². The molecule has 124 valence electrons. The van der Waals surface area contributed by atoms with Gasteiger partial charge in [0, 0.05) is 37.4 Å². The summed E-state index contributed by atoms with van der Waals surface area (Å²) in [5.74, 6) is 0.441. The van der Waals surface area contributed by atoms with Crippen LogP contribution in [-0.4, -0.2) is 58.0 Å². The van der Waals surface area contributed by atoms with Gasteiger partial charge in [-0.1, -0.05) is 25.4 Å². The first kappa shape index (κ1) is 16.3. The maximum atomic E-state index is 12.8. The topological polar surface area (TPSA) is 40.9 Å². The van der Waals surface area contributed by atoms with Crippen LogP contribution in [-0.2, 0) is 0 Å². The van der Waals surface area contributed by atoms with Crippen molar-refractivity contribution in [1.82, 2.24) is 19.4 Å². The third-order valence-corrected chi connectivity index (χ3v) is 5.09. The molecule has 2 aromatic heterocycles. The largest absolute Gasteiger partial charge is 0.337 e. The molecule has 3 rings (SSSR count). The quantitative estimate of drug-likeness (QED) is 0.866. The van der Waals surface area contributed by atoms with Crippen LogP contribution >= 0.6 is 11.6 Å². The number of nitrogens with zero attached hydrogens (tertiary/aromatic N) is 4. The Hall–Kier alpha value is -1.59. The summed E-state index contributed by atoms with van der Waals surface area (Å²) in [6.07, 6.45) is 2.78. The van der Waals surface area contributed by atoms with Gasteiger partial charge in [-0.25, -0.2) is 4.52 Å². The van der Waals surface area contributed by atoms with Crippen molar-refractivity contribution in [3.63, 3.8) is 0 Å². The SMILES string of the molecule is CCN1CC[C@@H](N(C)C(=O)c2cc3cc(Cl)ccn3n2)[C@H](C)C1. The molecule has 0 N–H and O–H groups in total. The summed E-state index contributed by atoms with van der Waals surface area (Å²) in [6.45, 7) is 7.56. The Morgan fingerprint density at radius 2 is 2.26 bits per heavy atom. The summed E-state index contributed by atoms with van der Waals surface area (Å²) in [6, 6.07) is 5.64. The average Bonchev–Trinajstić information content (AvgIpc) is 2.96. The molecule has 1 amide bonds. The van der Waals surface area contributed by atoms with Gasteiger partial charge in [0.15, 0.2) is 5.69 Å². The van der Waals surface area contributed by atoms with Crippen molar-refractivity contribution in [3.8, 4) is 0 Å². The van der Waals surface area contributed by atoms with Gasteiger partial charge < -0.3 is 9.80 Å².